The van der Waals surface area contributed by atoms with Crippen molar-refractivity contribution in [1.82, 2.24) is 9.99 Å². The minimum absolute atomic E-state index is 0.414. The third-order valence-corrected chi connectivity index (χ3v) is 2.95. The van der Waals surface area contributed by atoms with Gasteiger partial charge in [-0.15, -0.1) is 0 Å². The maximum Gasteiger partial charge on any atom is 0.431 e. The van der Waals surface area contributed by atoms with Crippen LogP contribution in [0.5, 0.6) is 0 Å². The van der Waals surface area contributed by atoms with Gasteiger partial charge in [0, 0.05) is 19.3 Å². The number of morpholine rings is 1. The second-order valence-electron chi connectivity index (χ2n) is 6.05. The molecule has 0 saturated carbocycles. The van der Waals surface area contributed by atoms with Gasteiger partial charge in [0.25, 0.3) is 0 Å². The Hall–Kier alpha value is -1.66. The molecule has 0 spiro atoms. The number of rotatable bonds is 2. The molecule has 1 aromatic heterocycles. The van der Waals surface area contributed by atoms with Gasteiger partial charge in [0.05, 0.1) is 13.2 Å². The van der Waals surface area contributed by atoms with Crippen LogP contribution in [0.15, 0.2) is 18.3 Å². The summed E-state index contributed by atoms with van der Waals surface area (Å²) in [5.74, 6) is 0.575. The van der Waals surface area contributed by atoms with Crippen LogP contribution in [-0.4, -0.2) is 48.0 Å². The predicted octanol–water partition coefficient (Wildman–Crippen LogP) is 2.38. The van der Waals surface area contributed by atoms with Crippen LogP contribution < -0.4 is 5.01 Å². The number of carbonyl (C=O) groups is 1. The molecule has 6 heteroatoms. The number of anilines is 1. The van der Waals surface area contributed by atoms with Crippen molar-refractivity contribution < 1.29 is 14.3 Å². The van der Waals surface area contributed by atoms with Crippen LogP contribution in [0.25, 0.3) is 0 Å². The maximum absolute atomic E-state index is 12.6. The van der Waals surface area contributed by atoms with Crippen LogP contribution in [0.1, 0.15) is 26.3 Å². The van der Waals surface area contributed by atoms with E-state index in [-0.39, 0.29) is 0 Å². The molecule has 1 amide bonds. The van der Waals surface area contributed by atoms with Gasteiger partial charge in [0.1, 0.15) is 5.60 Å². The maximum atomic E-state index is 12.6. The number of amides is 1. The van der Waals surface area contributed by atoms with Crippen molar-refractivity contribution in [2.24, 2.45) is 0 Å². The van der Waals surface area contributed by atoms with E-state index in [0.717, 1.165) is 5.56 Å². The van der Waals surface area contributed by atoms with Gasteiger partial charge in [-0.2, -0.15) is 5.01 Å². The Bertz CT molecular complexity index is 493. The third-order valence-electron chi connectivity index (χ3n) is 2.95. The lowest BCUT2D eigenvalue weighted by Gasteiger charge is -2.37. The summed E-state index contributed by atoms with van der Waals surface area (Å²) in [7, 11) is 0. The first kappa shape index (κ1) is 15.7. The van der Waals surface area contributed by atoms with Gasteiger partial charge in [-0.3, -0.25) is 0 Å². The van der Waals surface area contributed by atoms with E-state index in [2.05, 4.69) is 4.98 Å². The average molecular weight is 293 g/mol. The van der Waals surface area contributed by atoms with E-state index in [4.69, 9.17) is 9.47 Å². The van der Waals surface area contributed by atoms with Crippen LogP contribution in [-0.2, 0) is 9.47 Å². The standard InChI is InChI=1S/C15H23N3O3/c1-12-5-6-16-13(11-12)18(14(19)21-15(2,3)4)17-7-9-20-10-8-17/h5-6,11H,7-10H2,1-4H3. The second kappa shape index (κ2) is 6.41. The summed E-state index contributed by atoms with van der Waals surface area (Å²) >= 11 is 0. The van der Waals surface area contributed by atoms with Crippen molar-refractivity contribution in [2.75, 3.05) is 31.3 Å². The molecule has 2 heterocycles. The SMILES string of the molecule is Cc1ccnc(N(C(=O)OC(C)(C)C)N2CCOCC2)c1. The zero-order valence-corrected chi connectivity index (χ0v) is 13.1. The summed E-state index contributed by atoms with van der Waals surface area (Å²) < 4.78 is 10.9. The number of pyridine rings is 1. The van der Waals surface area contributed by atoms with E-state index in [0.29, 0.717) is 32.1 Å². The summed E-state index contributed by atoms with van der Waals surface area (Å²) in [5.41, 5.74) is 0.493. The first-order chi connectivity index (χ1) is 9.87. The minimum atomic E-state index is -0.550. The average Bonchev–Trinajstić information content (AvgIpc) is 2.38. The van der Waals surface area contributed by atoms with Gasteiger partial charge in [0.15, 0.2) is 5.82 Å². The summed E-state index contributed by atoms with van der Waals surface area (Å²) in [5, 5.41) is 3.43. The molecule has 1 aromatic rings. The molecular formula is C15H23N3O3. The number of ether oxygens (including phenoxy) is 2. The Morgan fingerprint density at radius 1 is 1.38 bits per heavy atom. The van der Waals surface area contributed by atoms with Gasteiger partial charge in [0.2, 0.25) is 0 Å². The highest BCUT2D eigenvalue weighted by Gasteiger charge is 2.30. The van der Waals surface area contributed by atoms with Crippen molar-refractivity contribution in [1.29, 1.82) is 0 Å². The van der Waals surface area contributed by atoms with Crippen LogP contribution in [0.4, 0.5) is 10.6 Å². The van der Waals surface area contributed by atoms with Gasteiger partial charge in [-0.25, -0.2) is 14.8 Å². The molecule has 0 aliphatic carbocycles. The zero-order chi connectivity index (χ0) is 15.5. The summed E-state index contributed by atoms with van der Waals surface area (Å²) in [4.78, 5) is 16.9. The normalized spacial score (nSPS) is 16.6. The summed E-state index contributed by atoms with van der Waals surface area (Å²) in [6.07, 6.45) is 1.28. The van der Waals surface area contributed by atoms with Crippen molar-refractivity contribution in [3.05, 3.63) is 23.9 Å². The fourth-order valence-electron chi connectivity index (χ4n) is 2.05. The summed E-state index contributed by atoms with van der Waals surface area (Å²) in [6.45, 7) is 9.97. The van der Waals surface area contributed by atoms with Gasteiger partial charge < -0.3 is 9.47 Å². The van der Waals surface area contributed by atoms with Crippen LogP contribution in [0, 0.1) is 6.92 Å². The zero-order valence-electron chi connectivity index (χ0n) is 13.1. The highest BCUT2D eigenvalue weighted by atomic mass is 16.6. The Morgan fingerprint density at radius 3 is 2.62 bits per heavy atom. The van der Waals surface area contributed by atoms with Gasteiger partial charge in [-0.05, 0) is 45.4 Å². The molecule has 0 aromatic carbocycles. The fraction of sp³-hybridized carbons (Fsp3) is 0.600. The van der Waals surface area contributed by atoms with E-state index in [1.54, 1.807) is 6.20 Å². The van der Waals surface area contributed by atoms with E-state index in [1.165, 1.54) is 5.01 Å². The fourth-order valence-corrected chi connectivity index (χ4v) is 2.05. The summed E-state index contributed by atoms with van der Waals surface area (Å²) in [6, 6.07) is 3.77. The van der Waals surface area contributed by atoms with Crippen LogP contribution in [0.2, 0.25) is 0 Å². The lowest BCUT2D eigenvalue weighted by molar-refractivity contribution is 0.0130. The first-order valence-electron chi connectivity index (χ1n) is 7.15. The lowest BCUT2D eigenvalue weighted by Crippen LogP contribution is -2.53. The van der Waals surface area contributed by atoms with E-state index in [9.17, 15) is 4.79 Å². The number of carbonyl (C=O) groups excluding carboxylic acids is 1. The van der Waals surface area contributed by atoms with Crippen LogP contribution >= 0.6 is 0 Å². The topological polar surface area (TPSA) is 54.9 Å². The van der Waals surface area contributed by atoms with Crippen molar-refractivity contribution in [3.63, 3.8) is 0 Å². The lowest BCUT2D eigenvalue weighted by atomic mass is 10.2. The van der Waals surface area contributed by atoms with E-state index >= 15 is 0 Å². The highest BCUT2D eigenvalue weighted by Crippen LogP contribution is 2.20. The molecule has 6 nitrogen and oxygen atoms in total. The van der Waals surface area contributed by atoms with Crippen molar-refractivity contribution >= 4 is 11.9 Å². The Kier molecular flexibility index (Phi) is 4.80. The molecule has 2 rings (SSSR count). The number of aromatic nitrogens is 1. The molecule has 116 valence electrons. The van der Waals surface area contributed by atoms with Gasteiger partial charge in [-0.1, -0.05) is 0 Å². The number of aryl methyl sites for hydroxylation is 1. The molecular weight excluding hydrogens is 270 g/mol. The monoisotopic (exact) mass is 293 g/mol. The number of hydrazine groups is 1. The Labute approximate surface area is 125 Å². The molecule has 21 heavy (non-hydrogen) atoms. The molecule has 0 unspecified atom stereocenters. The Balaban J connectivity index is 2.27. The predicted molar refractivity (Wildman–Crippen MR) is 80.1 cm³/mol. The molecule has 1 aliphatic heterocycles. The first-order valence-corrected chi connectivity index (χ1v) is 7.15. The number of nitrogens with zero attached hydrogens (tertiary/aromatic N) is 3. The van der Waals surface area contributed by atoms with Crippen molar-refractivity contribution in [2.45, 2.75) is 33.3 Å². The van der Waals surface area contributed by atoms with Crippen molar-refractivity contribution in [3.8, 4) is 0 Å². The second-order valence-corrected chi connectivity index (χ2v) is 6.05. The number of hydrogen-bond donors (Lipinski definition) is 0. The molecule has 1 saturated heterocycles. The molecule has 1 fully saturated rings. The third kappa shape index (κ3) is 4.41. The quantitative estimate of drug-likeness (QED) is 0.838. The Morgan fingerprint density at radius 2 is 2.05 bits per heavy atom. The smallest absolute Gasteiger partial charge is 0.431 e. The minimum Gasteiger partial charge on any atom is -0.442 e. The molecule has 1 aliphatic rings. The molecule has 0 bridgehead atoms. The largest absolute Gasteiger partial charge is 0.442 e. The van der Waals surface area contributed by atoms with Crippen LogP contribution in [0.3, 0.4) is 0 Å². The van der Waals surface area contributed by atoms with Gasteiger partial charge >= 0.3 is 6.09 Å². The van der Waals surface area contributed by atoms with E-state index < -0.39 is 11.7 Å². The van der Waals surface area contributed by atoms with E-state index in [1.807, 2.05) is 44.8 Å². The molecule has 0 radical (unpaired) electrons. The molecule has 0 atom stereocenters. The number of hydrogen-bond acceptors (Lipinski definition) is 5. The highest BCUT2D eigenvalue weighted by molar-refractivity contribution is 5.85. The molecule has 0 N–H and O–H groups in total.